The number of hydrogen-bond acceptors (Lipinski definition) is 5. The molecule has 0 N–H and O–H groups in total. The van der Waals surface area contributed by atoms with Crippen LogP contribution in [0.15, 0.2) is 12.1 Å². The van der Waals surface area contributed by atoms with E-state index < -0.39 is 6.16 Å². The zero-order valence-corrected chi connectivity index (χ0v) is 14.8. The molecule has 128 valence electrons. The van der Waals surface area contributed by atoms with Gasteiger partial charge in [0.1, 0.15) is 5.75 Å². The average Bonchev–Trinajstić information content (AvgIpc) is 2.41. The van der Waals surface area contributed by atoms with Crippen molar-refractivity contribution < 1.29 is 23.8 Å². The highest BCUT2D eigenvalue weighted by Crippen LogP contribution is 2.32. The Labute approximate surface area is 137 Å². The normalized spacial score (nSPS) is 11.0. The Hall–Kier alpha value is -2.04. The van der Waals surface area contributed by atoms with Gasteiger partial charge >= 0.3 is 12.1 Å². The van der Waals surface area contributed by atoms with Gasteiger partial charge in [-0.15, -0.1) is 0 Å². The van der Waals surface area contributed by atoms with Gasteiger partial charge in [0.2, 0.25) is 0 Å². The van der Waals surface area contributed by atoms with Crippen molar-refractivity contribution in [2.45, 2.75) is 53.4 Å². The summed E-state index contributed by atoms with van der Waals surface area (Å²) in [5.74, 6) is 0.0103. The summed E-state index contributed by atoms with van der Waals surface area (Å²) in [5, 5.41) is 0. The maximum absolute atomic E-state index is 11.9. The fourth-order valence-corrected chi connectivity index (χ4v) is 2.16. The Morgan fingerprint density at radius 1 is 1.04 bits per heavy atom. The number of aryl methyl sites for hydroxylation is 1. The van der Waals surface area contributed by atoms with Crippen LogP contribution in [-0.4, -0.2) is 25.3 Å². The van der Waals surface area contributed by atoms with Gasteiger partial charge in [-0.05, 0) is 37.3 Å². The molecule has 5 heteroatoms. The third kappa shape index (κ3) is 5.58. The fraction of sp³-hybridized carbons (Fsp3) is 0.556. The van der Waals surface area contributed by atoms with Gasteiger partial charge in [-0.3, -0.25) is 4.79 Å². The minimum absolute atomic E-state index is 0.0489. The molecule has 0 aliphatic heterocycles. The highest BCUT2D eigenvalue weighted by Gasteiger charge is 2.21. The van der Waals surface area contributed by atoms with Crippen molar-refractivity contribution in [1.29, 1.82) is 0 Å². The Morgan fingerprint density at radius 2 is 1.65 bits per heavy atom. The molecule has 1 aromatic carbocycles. The van der Waals surface area contributed by atoms with E-state index in [-0.39, 0.29) is 24.4 Å². The number of rotatable bonds is 5. The van der Waals surface area contributed by atoms with E-state index in [1.165, 1.54) is 0 Å². The summed E-state index contributed by atoms with van der Waals surface area (Å²) in [6, 6.07) is 3.85. The molecule has 23 heavy (non-hydrogen) atoms. The number of hydrogen-bond donors (Lipinski definition) is 0. The van der Waals surface area contributed by atoms with Crippen LogP contribution in [0.1, 0.15) is 51.3 Å². The van der Waals surface area contributed by atoms with E-state index in [4.69, 9.17) is 14.2 Å². The quantitative estimate of drug-likeness (QED) is 0.607. The Morgan fingerprint density at radius 3 is 2.17 bits per heavy atom. The largest absolute Gasteiger partial charge is 0.513 e. The molecule has 5 nitrogen and oxygen atoms in total. The Bertz CT molecular complexity index is 570. The zero-order valence-electron chi connectivity index (χ0n) is 14.8. The predicted octanol–water partition coefficient (Wildman–Crippen LogP) is 3.93. The van der Waals surface area contributed by atoms with Gasteiger partial charge < -0.3 is 14.2 Å². The minimum atomic E-state index is -0.774. The molecule has 0 bridgehead atoms. The van der Waals surface area contributed by atoms with E-state index >= 15 is 0 Å². The molecule has 0 saturated heterocycles. The lowest BCUT2D eigenvalue weighted by molar-refractivity contribution is -0.142. The molecule has 0 aliphatic rings. The summed E-state index contributed by atoms with van der Waals surface area (Å²) >= 11 is 0. The first-order valence-corrected chi connectivity index (χ1v) is 7.83. The molecule has 1 aromatic rings. The number of benzene rings is 1. The van der Waals surface area contributed by atoms with E-state index in [0.717, 1.165) is 11.1 Å². The second-order valence-electron chi connectivity index (χ2n) is 6.30. The van der Waals surface area contributed by atoms with Crippen molar-refractivity contribution in [3.05, 3.63) is 28.8 Å². The lowest BCUT2D eigenvalue weighted by Crippen LogP contribution is -2.17. The van der Waals surface area contributed by atoms with Crippen LogP contribution in [-0.2, 0) is 26.1 Å². The average molecular weight is 322 g/mol. The Kier molecular flexibility index (Phi) is 6.61. The summed E-state index contributed by atoms with van der Waals surface area (Å²) < 4.78 is 15.1. The van der Waals surface area contributed by atoms with Gasteiger partial charge in [-0.2, -0.15) is 0 Å². The van der Waals surface area contributed by atoms with Gasteiger partial charge in [-0.1, -0.05) is 32.9 Å². The van der Waals surface area contributed by atoms with Crippen molar-refractivity contribution in [2.75, 3.05) is 13.2 Å². The predicted molar refractivity (Wildman–Crippen MR) is 87.9 cm³/mol. The van der Waals surface area contributed by atoms with Crippen molar-refractivity contribution in [3.63, 3.8) is 0 Å². The molecule has 0 atom stereocenters. The third-order valence-corrected chi connectivity index (χ3v) is 3.31. The summed E-state index contributed by atoms with van der Waals surface area (Å²) in [4.78, 5) is 23.5. The lowest BCUT2D eigenvalue weighted by Gasteiger charge is -2.22. The van der Waals surface area contributed by atoms with E-state index in [1.807, 2.05) is 19.1 Å². The second kappa shape index (κ2) is 7.99. The molecular formula is C18H26O5. The molecule has 0 radical (unpaired) electrons. The molecule has 0 aliphatic carbocycles. The summed E-state index contributed by atoms with van der Waals surface area (Å²) in [5.41, 5.74) is 2.38. The molecule has 0 saturated carbocycles. The molecule has 0 fully saturated rings. The summed E-state index contributed by atoms with van der Waals surface area (Å²) in [6.45, 7) is 12.1. The Balaban J connectivity index is 3.24. The smallest absolute Gasteiger partial charge is 0.466 e. The van der Waals surface area contributed by atoms with Gasteiger partial charge in [0, 0.05) is 5.56 Å². The molecule has 0 heterocycles. The number of carbonyl (C=O) groups excluding carboxylic acids is 2. The summed E-state index contributed by atoms with van der Waals surface area (Å²) in [6.07, 6.45) is -0.725. The van der Waals surface area contributed by atoms with Crippen LogP contribution in [0.5, 0.6) is 5.75 Å². The van der Waals surface area contributed by atoms with E-state index in [0.29, 0.717) is 17.9 Å². The van der Waals surface area contributed by atoms with Gasteiger partial charge in [-0.25, -0.2) is 4.79 Å². The highest BCUT2D eigenvalue weighted by molar-refractivity contribution is 5.75. The molecule has 0 aromatic heterocycles. The first kappa shape index (κ1) is 19.0. The topological polar surface area (TPSA) is 61.8 Å². The standard InChI is InChI=1S/C18H26O5/c1-7-21-15(19)11-13-10-14(18(4,5)6)9-12(3)16(13)23-17(20)22-8-2/h9-10H,7-8,11H2,1-6H3. The van der Waals surface area contributed by atoms with Gasteiger partial charge in [0.15, 0.2) is 0 Å². The fourth-order valence-electron chi connectivity index (χ4n) is 2.16. The van der Waals surface area contributed by atoms with Gasteiger partial charge in [0.25, 0.3) is 0 Å². The van der Waals surface area contributed by atoms with Crippen LogP contribution in [0.25, 0.3) is 0 Å². The van der Waals surface area contributed by atoms with Crippen molar-refractivity contribution >= 4 is 12.1 Å². The highest BCUT2D eigenvalue weighted by atomic mass is 16.7. The van der Waals surface area contributed by atoms with Crippen LogP contribution in [0.2, 0.25) is 0 Å². The zero-order chi connectivity index (χ0) is 17.6. The van der Waals surface area contributed by atoms with E-state index in [1.54, 1.807) is 13.8 Å². The number of esters is 1. The van der Waals surface area contributed by atoms with Crippen LogP contribution in [0.4, 0.5) is 4.79 Å². The van der Waals surface area contributed by atoms with Gasteiger partial charge in [0.05, 0.1) is 19.6 Å². The van der Waals surface area contributed by atoms with Crippen molar-refractivity contribution in [2.24, 2.45) is 0 Å². The number of ether oxygens (including phenoxy) is 3. The van der Waals surface area contributed by atoms with Crippen molar-refractivity contribution in [3.8, 4) is 5.75 Å². The van der Waals surface area contributed by atoms with Crippen LogP contribution in [0.3, 0.4) is 0 Å². The van der Waals surface area contributed by atoms with E-state index in [2.05, 4.69) is 20.8 Å². The van der Waals surface area contributed by atoms with Crippen LogP contribution < -0.4 is 4.74 Å². The molecule has 0 amide bonds. The van der Waals surface area contributed by atoms with Crippen LogP contribution in [0, 0.1) is 6.92 Å². The molecule has 0 spiro atoms. The lowest BCUT2D eigenvalue weighted by atomic mass is 9.84. The van der Waals surface area contributed by atoms with Crippen molar-refractivity contribution in [1.82, 2.24) is 0 Å². The monoisotopic (exact) mass is 322 g/mol. The molecular weight excluding hydrogens is 296 g/mol. The minimum Gasteiger partial charge on any atom is -0.466 e. The molecule has 1 rings (SSSR count). The summed E-state index contributed by atoms with van der Waals surface area (Å²) in [7, 11) is 0. The second-order valence-corrected chi connectivity index (χ2v) is 6.30. The first-order valence-electron chi connectivity index (χ1n) is 7.83. The maximum atomic E-state index is 11.9. The SMILES string of the molecule is CCOC(=O)Cc1cc(C(C)(C)C)cc(C)c1OC(=O)OCC. The van der Waals surface area contributed by atoms with E-state index in [9.17, 15) is 9.59 Å². The number of carbonyl (C=O) groups is 2. The first-order chi connectivity index (χ1) is 10.7. The molecule has 0 unspecified atom stereocenters. The third-order valence-electron chi connectivity index (χ3n) is 3.31. The van der Waals surface area contributed by atoms with Crippen LogP contribution >= 0.6 is 0 Å². The maximum Gasteiger partial charge on any atom is 0.513 e.